The maximum absolute atomic E-state index is 15.3. The van der Waals surface area contributed by atoms with Crippen molar-refractivity contribution in [3.63, 3.8) is 0 Å². The molecule has 0 aliphatic carbocycles. The van der Waals surface area contributed by atoms with Crippen molar-refractivity contribution < 1.29 is 18.4 Å². The third-order valence-electron chi connectivity index (χ3n) is 5.79. The second-order valence-corrected chi connectivity index (χ2v) is 7.96. The molecule has 11 heteroatoms. The number of hydrogen-bond donors (Lipinski definition) is 2. The van der Waals surface area contributed by atoms with E-state index >= 15 is 4.39 Å². The second kappa shape index (κ2) is 9.59. The fourth-order valence-corrected chi connectivity index (χ4v) is 4.04. The van der Waals surface area contributed by atoms with E-state index in [2.05, 4.69) is 32.2 Å². The lowest BCUT2D eigenvalue weighted by Gasteiger charge is -2.23. The first-order valence-corrected chi connectivity index (χ1v) is 11.2. The number of rotatable bonds is 3. The van der Waals surface area contributed by atoms with Crippen LogP contribution in [0.5, 0.6) is 0 Å². The Labute approximate surface area is 204 Å². The SMILES string of the molecule is CCn1nc(C#Cc2c(F)ccc(NC(=O)N3OCC[C@@H]3c3ccccc3)c2F)c2c(N)ncnc21. The van der Waals surface area contributed by atoms with E-state index in [1.54, 1.807) is 4.68 Å². The number of amides is 2. The topological polar surface area (TPSA) is 111 Å². The Morgan fingerprint density at radius 2 is 2.00 bits per heavy atom. The summed E-state index contributed by atoms with van der Waals surface area (Å²) < 4.78 is 31.4. The van der Waals surface area contributed by atoms with Crippen LogP contribution in [0.4, 0.5) is 25.1 Å². The van der Waals surface area contributed by atoms with E-state index in [1.807, 2.05) is 37.3 Å². The molecular weight excluding hydrogens is 468 g/mol. The molecule has 0 saturated carbocycles. The number of nitrogens with zero attached hydrogens (tertiary/aromatic N) is 5. The molecule has 3 N–H and O–H groups in total. The summed E-state index contributed by atoms with van der Waals surface area (Å²) in [6.45, 7) is 2.68. The quantitative estimate of drug-likeness (QED) is 0.421. The molecule has 0 spiro atoms. The molecule has 9 nitrogen and oxygen atoms in total. The fourth-order valence-electron chi connectivity index (χ4n) is 4.04. The predicted molar refractivity (Wildman–Crippen MR) is 128 cm³/mol. The average molecular weight is 489 g/mol. The van der Waals surface area contributed by atoms with Gasteiger partial charge in [0, 0.05) is 13.0 Å². The minimum Gasteiger partial charge on any atom is -0.383 e. The molecule has 1 atom stereocenters. The van der Waals surface area contributed by atoms with Gasteiger partial charge in [-0.15, -0.1) is 0 Å². The van der Waals surface area contributed by atoms with Gasteiger partial charge in [-0.1, -0.05) is 36.3 Å². The van der Waals surface area contributed by atoms with E-state index in [0.29, 0.717) is 30.6 Å². The third kappa shape index (κ3) is 4.18. The minimum absolute atomic E-state index is 0.157. The molecule has 0 radical (unpaired) electrons. The highest BCUT2D eigenvalue weighted by Gasteiger charge is 2.32. The van der Waals surface area contributed by atoms with Gasteiger partial charge in [0.15, 0.2) is 11.5 Å². The number of benzene rings is 2. The van der Waals surface area contributed by atoms with Gasteiger partial charge < -0.3 is 11.1 Å². The Bertz CT molecular complexity index is 1510. The molecule has 0 bridgehead atoms. The zero-order valence-electron chi connectivity index (χ0n) is 19.2. The molecule has 4 aromatic rings. The minimum atomic E-state index is -1.02. The van der Waals surface area contributed by atoms with Crippen molar-refractivity contribution in [3.8, 4) is 11.8 Å². The third-order valence-corrected chi connectivity index (χ3v) is 5.79. The number of nitrogen functional groups attached to an aromatic ring is 1. The van der Waals surface area contributed by atoms with Crippen LogP contribution < -0.4 is 11.1 Å². The Kier molecular flexibility index (Phi) is 6.18. The first-order chi connectivity index (χ1) is 17.5. The van der Waals surface area contributed by atoms with Crippen molar-refractivity contribution >= 4 is 28.6 Å². The molecule has 2 aromatic carbocycles. The van der Waals surface area contributed by atoms with E-state index in [0.717, 1.165) is 22.8 Å². The van der Waals surface area contributed by atoms with E-state index in [-0.39, 0.29) is 23.2 Å². The number of aromatic nitrogens is 4. The largest absolute Gasteiger partial charge is 0.383 e. The number of hydrogen-bond acceptors (Lipinski definition) is 6. The fraction of sp³-hybridized carbons (Fsp3) is 0.200. The van der Waals surface area contributed by atoms with E-state index in [9.17, 15) is 9.18 Å². The number of nitrogens with two attached hydrogens (primary N) is 1. The van der Waals surface area contributed by atoms with Crippen LogP contribution in [0.25, 0.3) is 11.0 Å². The smallest absolute Gasteiger partial charge is 0.346 e. The number of halogens is 2. The zero-order valence-corrected chi connectivity index (χ0v) is 19.2. The van der Waals surface area contributed by atoms with Crippen molar-refractivity contribution in [1.29, 1.82) is 0 Å². The maximum Gasteiger partial charge on any atom is 0.346 e. The molecule has 1 aliphatic rings. The number of carbonyl (C=O) groups is 1. The number of anilines is 2. The molecule has 36 heavy (non-hydrogen) atoms. The van der Waals surface area contributed by atoms with Crippen molar-refractivity contribution in [2.24, 2.45) is 0 Å². The van der Waals surface area contributed by atoms with Gasteiger partial charge in [0.05, 0.1) is 29.3 Å². The first kappa shape index (κ1) is 23.2. The molecule has 182 valence electrons. The highest BCUT2D eigenvalue weighted by molar-refractivity contribution is 5.91. The lowest BCUT2D eigenvalue weighted by Crippen LogP contribution is -2.33. The Balaban J connectivity index is 1.44. The van der Waals surface area contributed by atoms with Gasteiger partial charge >= 0.3 is 6.03 Å². The summed E-state index contributed by atoms with van der Waals surface area (Å²) in [6.07, 6.45) is 1.89. The van der Waals surface area contributed by atoms with Crippen molar-refractivity contribution in [2.75, 3.05) is 17.7 Å². The maximum atomic E-state index is 15.3. The lowest BCUT2D eigenvalue weighted by atomic mass is 10.1. The van der Waals surface area contributed by atoms with Crippen molar-refractivity contribution in [2.45, 2.75) is 25.9 Å². The van der Waals surface area contributed by atoms with Gasteiger partial charge in [0.1, 0.15) is 23.7 Å². The molecule has 2 amide bonds. The average Bonchev–Trinajstić information content (AvgIpc) is 3.52. The summed E-state index contributed by atoms with van der Waals surface area (Å²) >= 11 is 0. The monoisotopic (exact) mass is 489 g/mol. The standard InChI is InChI=1S/C25H21F2N7O2/c1-2-33-24-21(23(28)29-14-30-24)18(32-33)10-8-16-17(26)9-11-19(22(16)27)31-25(35)34-20(12-13-36-34)15-6-4-3-5-7-15/h3-7,9,11,14,20H,2,12-13H2,1H3,(H,31,35)(H2,28,29,30)/t20-/m1/s1. The number of fused-ring (bicyclic) bond motifs is 1. The van der Waals surface area contributed by atoms with E-state index in [1.165, 1.54) is 6.33 Å². The van der Waals surface area contributed by atoms with E-state index in [4.69, 9.17) is 10.6 Å². The predicted octanol–water partition coefficient (Wildman–Crippen LogP) is 4.02. The summed E-state index contributed by atoms with van der Waals surface area (Å²) in [7, 11) is 0. The van der Waals surface area contributed by atoms with Crippen molar-refractivity contribution in [3.05, 3.63) is 77.2 Å². The lowest BCUT2D eigenvalue weighted by molar-refractivity contribution is -0.0830. The van der Waals surface area contributed by atoms with Crippen LogP contribution >= 0.6 is 0 Å². The highest BCUT2D eigenvalue weighted by atomic mass is 19.1. The number of carbonyl (C=O) groups excluding carboxylic acids is 1. The summed E-state index contributed by atoms with van der Waals surface area (Å²) in [5, 5.41) is 8.35. The summed E-state index contributed by atoms with van der Waals surface area (Å²) in [6, 6.07) is 10.5. The van der Waals surface area contributed by atoms with Crippen LogP contribution in [0.2, 0.25) is 0 Å². The second-order valence-electron chi connectivity index (χ2n) is 7.96. The molecule has 1 fully saturated rings. The van der Waals surface area contributed by atoms with Gasteiger partial charge in [-0.2, -0.15) is 10.2 Å². The molecular formula is C25H21F2N7O2. The molecule has 3 heterocycles. The van der Waals surface area contributed by atoms with Crippen molar-refractivity contribution in [1.82, 2.24) is 24.8 Å². The zero-order chi connectivity index (χ0) is 25.2. The van der Waals surface area contributed by atoms with Gasteiger partial charge in [0.25, 0.3) is 0 Å². The molecule has 2 aromatic heterocycles. The summed E-state index contributed by atoms with van der Waals surface area (Å²) in [4.78, 5) is 26.5. The Hall–Kier alpha value is -4.56. The normalized spacial score (nSPS) is 15.1. The molecule has 5 rings (SSSR count). The summed E-state index contributed by atoms with van der Waals surface area (Å²) in [5.74, 6) is 3.41. The van der Waals surface area contributed by atoms with Gasteiger partial charge in [-0.05, 0) is 30.5 Å². The summed E-state index contributed by atoms with van der Waals surface area (Å²) in [5.41, 5.74) is 6.75. The van der Waals surface area contributed by atoms with Gasteiger partial charge in [-0.25, -0.2) is 28.2 Å². The number of aryl methyl sites for hydroxylation is 1. The van der Waals surface area contributed by atoms with Crippen LogP contribution in [-0.2, 0) is 11.4 Å². The molecule has 1 saturated heterocycles. The van der Waals surface area contributed by atoms with Crippen LogP contribution in [-0.4, -0.2) is 37.4 Å². The van der Waals surface area contributed by atoms with Crippen LogP contribution in [0.3, 0.4) is 0 Å². The first-order valence-electron chi connectivity index (χ1n) is 11.2. The van der Waals surface area contributed by atoms with Crippen LogP contribution in [0.1, 0.15) is 36.2 Å². The Morgan fingerprint density at radius 1 is 1.19 bits per heavy atom. The number of hydroxylamine groups is 2. The number of nitrogens with one attached hydrogen (secondary N) is 1. The van der Waals surface area contributed by atoms with E-state index < -0.39 is 23.2 Å². The van der Waals surface area contributed by atoms with Gasteiger partial charge in [-0.3, -0.25) is 4.84 Å². The highest BCUT2D eigenvalue weighted by Crippen LogP contribution is 2.31. The van der Waals surface area contributed by atoms with Crippen LogP contribution in [0.15, 0.2) is 48.8 Å². The number of urea groups is 1. The Morgan fingerprint density at radius 3 is 2.78 bits per heavy atom. The van der Waals surface area contributed by atoms with Crippen LogP contribution in [0, 0.1) is 23.5 Å². The molecule has 1 aliphatic heterocycles. The molecule has 0 unspecified atom stereocenters. The van der Waals surface area contributed by atoms with Gasteiger partial charge in [0.2, 0.25) is 0 Å².